The first-order valence-corrected chi connectivity index (χ1v) is 6.91. The van der Waals surface area contributed by atoms with E-state index in [1.54, 1.807) is 0 Å². The maximum Gasteiger partial charge on any atom is 0.124 e. The van der Waals surface area contributed by atoms with Gasteiger partial charge in [0.05, 0.1) is 11.2 Å². The van der Waals surface area contributed by atoms with Crippen LogP contribution in [-0.2, 0) is 11.2 Å². The lowest BCUT2D eigenvalue weighted by atomic mass is 10.1. The Kier molecular flexibility index (Phi) is 3.88. The van der Waals surface area contributed by atoms with E-state index in [-0.39, 0.29) is 0 Å². The maximum atomic E-state index is 10.6. The fourth-order valence-electron chi connectivity index (χ4n) is 2.28. The molecule has 3 aromatic rings. The monoisotopic (exact) mass is 273 g/mol. The second-order valence-electron chi connectivity index (χ2n) is 4.88. The van der Waals surface area contributed by atoms with Gasteiger partial charge in [0.15, 0.2) is 0 Å². The molecule has 0 aliphatic carbocycles. The van der Waals surface area contributed by atoms with Gasteiger partial charge in [-0.3, -0.25) is 0 Å². The van der Waals surface area contributed by atoms with Crippen molar-refractivity contribution in [1.29, 1.82) is 0 Å². The number of rotatable bonds is 4. The summed E-state index contributed by atoms with van der Waals surface area (Å²) in [5.41, 5.74) is 4.02. The van der Waals surface area contributed by atoms with Gasteiger partial charge in [0, 0.05) is 11.8 Å². The van der Waals surface area contributed by atoms with E-state index in [1.807, 2.05) is 60.7 Å². The highest BCUT2D eigenvalue weighted by Crippen LogP contribution is 2.14. The summed E-state index contributed by atoms with van der Waals surface area (Å²) in [4.78, 5) is 15.2. The Hall–Kier alpha value is -2.74. The molecule has 0 bridgehead atoms. The van der Waals surface area contributed by atoms with Crippen LogP contribution in [0.1, 0.15) is 16.8 Å². The van der Waals surface area contributed by atoms with Crippen molar-refractivity contribution < 1.29 is 4.79 Å². The quantitative estimate of drug-likeness (QED) is 0.668. The molecule has 0 radical (unpaired) electrons. The van der Waals surface area contributed by atoms with Crippen molar-refractivity contribution in [3.05, 3.63) is 77.5 Å². The molecule has 3 rings (SSSR count). The van der Waals surface area contributed by atoms with Gasteiger partial charge in [-0.15, -0.1) is 0 Å². The molecule has 0 aliphatic rings. The van der Waals surface area contributed by atoms with Crippen LogP contribution >= 0.6 is 0 Å². The second kappa shape index (κ2) is 6.14. The van der Waals surface area contributed by atoms with Crippen molar-refractivity contribution in [1.82, 2.24) is 4.98 Å². The van der Waals surface area contributed by atoms with Crippen molar-refractivity contribution >= 4 is 29.3 Å². The first kappa shape index (κ1) is 13.3. The Bertz CT molecular complexity index is 805. The lowest BCUT2D eigenvalue weighted by Gasteiger charge is -2.00. The van der Waals surface area contributed by atoms with Crippen LogP contribution in [0.25, 0.3) is 23.1 Å². The van der Waals surface area contributed by atoms with Crippen LogP contribution in [0.4, 0.5) is 0 Å². The third kappa shape index (κ3) is 3.23. The molecule has 2 heteroatoms. The normalized spacial score (nSPS) is 11.0. The van der Waals surface area contributed by atoms with Crippen molar-refractivity contribution in [3.8, 4) is 0 Å². The Morgan fingerprint density at radius 1 is 0.905 bits per heavy atom. The number of carbonyl (C=O) groups excluding carboxylic acids is 1. The van der Waals surface area contributed by atoms with E-state index in [2.05, 4.69) is 17.1 Å². The predicted molar refractivity (Wildman–Crippen MR) is 86.9 cm³/mol. The van der Waals surface area contributed by atoms with Crippen LogP contribution in [-0.4, -0.2) is 11.3 Å². The van der Waals surface area contributed by atoms with Gasteiger partial charge in [0.1, 0.15) is 6.29 Å². The summed E-state index contributed by atoms with van der Waals surface area (Å²) in [5.74, 6) is 0. The van der Waals surface area contributed by atoms with E-state index >= 15 is 0 Å². The van der Waals surface area contributed by atoms with E-state index in [9.17, 15) is 4.79 Å². The number of benzene rings is 2. The number of aldehydes is 1. The number of hydrogen-bond donors (Lipinski definition) is 0. The van der Waals surface area contributed by atoms with E-state index < -0.39 is 0 Å². The van der Waals surface area contributed by atoms with Gasteiger partial charge < -0.3 is 4.79 Å². The van der Waals surface area contributed by atoms with Gasteiger partial charge in [-0.05, 0) is 29.3 Å². The molecule has 0 aliphatic heterocycles. The number of aromatic nitrogens is 1. The van der Waals surface area contributed by atoms with Gasteiger partial charge in [-0.2, -0.15) is 0 Å². The Morgan fingerprint density at radius 2 is 1.81 bits per heavy atom. The lowest BCUT2D eigenvalue weighted by Crippen LogP contribution is -1.86. The molecular formula is C19H15NO. The largest absolute Gasteiger partial charge is 0.303 e. The highest BCUT2D eigenvalue weighted by atomic mass is 16.1. The molecule has 1 aromatic heterocycles. The van der Waals surface area contributed by atoms with Gasteiger partial charge >= 0.3 is 0 Å². The average molecular weight is 273 g/mol. The Labute approximate surface area is 123 Å². The number of pyridine rings is 1. The number of para-hydroxylation sites is 1. The third-order valence-corrected chi connectivity index (χ3v) is 3.34. The smallest absolute Gasteiger partial charge is 0.124 e. The highest BCUT2D eigenvalue weighted by molar-refractivity contribution is 5.80. The molecule has 0 saturated carbocycles. The zero-order valence-electron chi connectivity index (χ0n) is 11.6. The minimum Gasteiger partial charge on any atom is -0.303 e. The van der Waals surface area contributed by atoms with Crippen LogP contribution in [0.15, 0.2) is 60.7 Å². The molecule has 2 nitrogen and oxygen atoms in total. The summed E-state index contributed by atoms with van der Waals surface area (Å²) in [5, 5.41) is 1.14. The minimum absolute atomic E-state index is 0.454. The summed E-state index contributed by atoms with van der Waals surface area (Å²) in [6, 6.07) is 20.1. The van der Waals surface area contributed by atoms with Crippen molar-refractivity contribution in [3.63, 3.8) is 0 Å². The zero-order chi connectivity index (χ0) is 14.5. The molecule has 0 saturated heterocycles. The summed E-state index contributed by atoms with van der Waals surface area (Å²) < 4.78 is 0. The molecule has 0 fully saturated rings. The van der Waals surface area contributed by atoms with Gasteiger partial charge in [-0.25, -0.2) is 4.98 Å². The lowest BCUT2D eigenvalue weighted by molar-refractivity contribution is -0.107. The van der Waals surface area contributed by atoms with Crippen LogP contribution in [0.5, 0.6) is 0 Å². The molecule has 1 heterocycles. The van der Waals surface area contributed by atoms with E-state index in [0.29, 0.717) is 6.42 Å². The molecule has 0 unspecified atom stereocenters. The summed E-state index contributed by atoms with van der Waals surface area (Å²) >= 11 is 0. The average Bonchev–Trinajstić information content (AvgIpc) is 2.53. The second-order valence-corrected chi connectivity index (χ2v) is 4.88. The molecule has 0 amide bonds. The number of carbonyl (C=O) groups is 1. The molecule has 21 heavy (non-hydrogen) atoms. The molecule has 0 atom stereocenters. The highest BCUT2D eigenvalue weighted by Gasteiger charge is 1.96. The Balaban J connectivity index is 1.86. The van der Waals surface area contributed by atoms with Crippen LogP contribution in [0.2, 0.25) is 0 Å². The van der Waals surface area contributed by atoms with Crippen molar-refractivity contribution in [2.75, 3.05) is 0 Å². The number of nitrogens with zero attached hydrogens (tertiary/aromatic N) is 1. The van der Waals surface area contributed by atoms with Crippen molar-refractivity contribution in [2.24, 2.45) is 0 Å². The van der Waals surface area contributed by atoms with E-state index in [1.165, 1.54) is 0 Å². The molecular weight excluding hydrogens is 258 g/mol. The van der Waals surface area contributed by atoms with Gasteiger partial charge in [0.25, 0.3) is 0 Å². The minimum atomic E-state index is 0.454. The summed E-state index contributed by atoms with van der Waals surface area (Å²) in [6.45, 7) is 0. The van der Waals surface area contributed by atoms with E-state index in [0.717, 1.165) is 34.0 Å². The van der Waals surface area contributed by atoms with Crippen LogP contribution in [0.3, 0.4) is 0 Å². The third-order valence-electron chi connectivity index (χ3n) is 3.34. The van der Waals surface area contributed by atoms with Gasteiger partial charge in [0.2, 0.25) is 0 Å². The molecule has 102 valence electrons. The van der Waals surface area contributed by atoms with Crippen LogP contribution in [0, 0.1) is 0 Å². The SMILES string of the molecule is O=CCc1cccc(/C=C/c2ccc3ccccc3n2)c1. The number of hydrogen-bond acceptors (Lipinski definition) is 2. The summed E-state index contributed by atoms with van der Waals surface area (Å²) in [7, 11) is 0. The fourth-order valence-corrected chi connectivity index (χ4v) is 2.28. The topological polar surface area (TPSA) is 30.0 Å². The summed E-state index contributed by atoms with van der Waals surface area (Å²) in [6.07, 6.45) is 5.39. The number of fused-ring (bicyclic) bond motifs is 1. The predicted octanol–water partition coefficient (Wildman–Crippen LogP) is 4.15. The van der Waals surface area contributed by atoms with Crippen molar-refractivity contribution in [2.45, 2.75) is 6.42 Å². The first-order valence-electron chi connectivity index (χ1n) is 6.91. The molecule has 0 spiro atoms. The fraction of sp³-hybridized carbons (Fsp3) is 0.0526. The Morgan fingerprint density at radius 3 is 2.71 bits per heavy atom. The van der Waals surface area contributed by atoms with E-state index in [4.69, 9.17) is 0 Å². The van der Waals surface area contributed by atoms with Crippen LogP contribution < -0.4 is 0 Å². The first-order chi connectivity index (χ1) is 10.3. The molecule has 0 N–H and O–H groups in total. The molecule has 2 aromatic carbocycles. The zero-order valence-corrected chi connectivity index (χ0v) is 11.6. The van der Waals surface area contributed by atoms with Gasteiger partial charge in [-0.1, -0.05) is 54.6 Å². The standard InChI is InChI=1S/C19H15NO/c21-13-12-16-5-3-4-15(14-16)8-10-18-11-9-17-6-1-2-7-19(17)20-18/h1-11,13-14H,12H2/b10-8+. The maximum absolute atomic E-state index is 10.6.